The lowest BCUT2D eigenvalue weighted by molar-refractivity contribution is 0.537. The van der Waals surface area contributed by atoms with Crippen LogP contribution in [-0.2, 0) is 12.8 Å². The molecule has 0 amide bonds. The van der Waals surface area contributed by atoms with Gasteiger partial charge in [-0.1, -0.05) is 39.7 Å². The topological polar surface area (TPSA) is 0 Å². The van der Waals surface area contributed by atoms with Gasteiger partial charge in [-0.3, -0.25) is 0 Å². The minimum absolute atomic E-state index is 0.0219. The molecule has 1 aromatic rings. The number of benzene rings is 1. The molecule has 1 heteroatoms. The first-order valence-corrected chi connectivity index (χ1v) is 6.82. The molecule has 0 saturated heterocycles. The van der Waals surface area contributed by atoms with Gasteiger partial charge in [0.2, 0.25) is 0 Å². The van der Waals surface area contributed by atoms with Crippen LogP contribution in [0.5, 0.6) is 0 Å². The summed E-state index contributed by atoms with van der Waals surface area (Å²) in [5, 5.41) is 0. The number of hydrogen-bond acceptors (Lipinski definition) is 0. The fourth-order valence-electron chi connectivity index (χ4n) is 2.32. The summed E-state index contributed by atoms with van der Waals surface area (Å²) in [5.41, 5.74) is 3.13. The first-order chi connectivity index (χ1) is 8.04. The van der Waals surface area contributed by atoms with Gasteiger partial charge in [-0.15, -0.1) is 0 Å². The van der Waals surface area contributed by atoms with Crippen LogP contribution in [0.25, 0.3) is 0 Å². The van der Waals surface area contributed by atoms with E-state index in [1.54, 1.807) is 6.07 Å². The summed E-state index contributed by atoms with van der Waals surface area (Å²) in [5.74, 6) is 0.752. The highest BCUT2D eigenvalue weighted by Gasteiger charge is 2.06. The zero-order valence-corrected chi connectivity index (χ0v) is 11.6. The van der Waals surface area contributed by atoms with Gasteiger partial charge in [0.1, 0.15) is 5.82 Å². The average molecular weight is 236 g/mol. The van der Waals surface area contributed by atoms with Gasteiger partial charge in [-0.25, -0.2) is 4.39 Å². The van der Waals surface area contributed by atoms with E-state index < -0.39 is 0 Å². The molecule has 1 rings (SSSR count). The van der Waals surface area contributed by atoms with Gasteiger partial charge < -0.3 is 0 Å². The van der Waals surface area contributed by atoms with Gasteiger partial charge in [-0.2, -0.15) is 0 Å². The Morgan fingerprint density at radius 1 is 1.18 bits per heavy atom. The van der Waals surface area contributed by atoms with E-state index in [9.17, 15) is 4.39 Å². The molecule has 0 radical (unpaired) electrons. The van der Waals surface area contributed by atoms with Crippen molar-refractivity contribution in [3.8, 4) is 0 Å². The molecule has 0 atom stereocenters. The van der Waals surface area contributed by atoms with Crippen molar-refractivity contribution < 1.29 is 4.39 Å². The quantitative estimate of drug-likeness (QED) is 0.605. The standard InChI is InChI=1S/C16H25F/c1-5-15-13(4)10-14(11-16(15)17)9-7-6-8-12(2)3/h10-12H,5-9H2,1-4H3. The molecular formula is C16H25F. The maximum absolute atomic E-state index is 13.7. The Balaban J connectivity index is 2.55. The number of unbranched alkanes of at least 4 members (excludes halogenated alkanes) is 1. The van der Waals surface area contributed by atoms with E-state index >= 15 is 0 Å². The predicted molar refractivity (Wildman–Crippen MR) is 72.9 cm³/mol. The molecule has 0 heterocycles. The zero-order valence-electron chi connectivity index (χ0n) is 11.6. The molecule has 96 valence electrons. The molecule has 0 fully saturated rings. The van der Waals surface area contributed by atoms with Crippen LogP contribution in [0.15, 0.2) is 12.1 Å². The molecule has 0 unspecified atom stereocenters. The molecule has 0 spiro atoms. The van der Waals surface area contributed by atoms with Gasteiger partial charge in [-0.05, 0) is 54.9 Å². The van der Waals surface area contributed by atoms with E-state index in [1.165, 1.54) is 19.3 Å². The van der Waals surface area contributed by atoms with Crippen molar-refractivity contribution in [2.75, 3.05) is 0 Å². The van der Waals surface area contributed by atoms with Crippen molar-refractivity contribution in [2.45, 2.75) is 59.8 Å². The molecule has 0 bridgehead atoms. The van der Waals surface area contributed by atoms with Crippen molar-refractivity contribution in [2.24, 2.45) is 5.92 Å². The number of hydrogen-bond donors (Lipinski definition) is 0. The average Bonchev–Trinajstić information content (AvgIpc) is 2.24. The van der Waals surface area contributed by atoms with Crippen molar-refractivity contribution in [3.05, 3.63) is 34.6 Å². The van der Waals surface area contributed by atoms with Crippen molar-refractivity contribution in [1.82, 2.24) is 0 Å². The Kier molecular flexibility index (Phi) is 5.67. The molecule has 17 heavy (non-hydrogen) atoms. The second-order valence-electron chi connectivity index (χ2n) is 5.37. The van der Waals surface area contributed by atoms with Crippen LogP contribution in [0.3, 0.4) is 0 Å². The van der Waals surface area contributed by atoms with Crippen LogP contribution < -0.4 is 0 Å². The molecular weight excluding hydrogens is 211 g/mol. The van der Waals surface area contributed by atoms with E-state index in [0.717, 1.165) is 35.4 Å². The van der Waals surface area contributed by atoms with Crippen LogP contribution in [0, 0.1) is 18.7 Å². The van der Waals surface area contributed by atoms with Crippen molar-refractivity contribution in [3.63, 3.8) is 0 Å². The largest absolute Gasteiger partial charge is 0.207 e. The molecule has 0 aliphatic rings. The fourth-order valence-corrected chi connectivity index (χ4v) is 2.32. The third-order valence-electron chi connectivity index (χ3n) is 3.33. The van der Waals surface area contributed by atoms with Crippen molar-refractivity contribution >= 4 is 0 Å². The summed E-state index contributed by atoms with van der Waals surface area (Å²) < 4.78 is 13.7. The van der Waals surface area contributed by atoms with Crippen LogP contribution in [0.1, 0.15) is 56.7 Å². The van der Waals surface area contributed by atoms with E-state index in [1.807, 2.05) is 13.8 Å². The number of rotatable bonds is 6. The molecule has 0 aliphatic carbocycles. The van der Waals surface area contributed by atoms with E-state index in [2.05, 4.69) is 19.9 Å². The molecule has 1 aromatic carbocycles. The minimum atomic E-state index is -0.0219. The second kappa shape index (κ2) is 6.78. The highest BCUT2D eigenvalue weighted by Crippen LogP contribution is 2.18. The summed E-state index contributed by atoms with van der Waals surface area (Å²) >= 11 is 0. The first kappa shape index (κ1) is 14.2. The van der Waals surface area contributed by atoms with Gasteiger partial charge in [0.15, 0.2) is 0 Å². The first-order valence-electron chi connectivity index (χ1n) is 6.82. The molecule has 0 N–H and O–H groups in total. The summed E-state index contributed by atoms with van der Waals surface area (Å²) in [6, 6.07) is 3.87. The molecule has 0 aromatic heterocycles. The molecule has 0 nitrogen and oxygen atoms in total. The Morgan fingerprint density at radius 3 is 2.41 bits per heavy atom. The van der Waals surface area contributed by atoms with E-state index in [-0.39, 0.29) is 5.82 Å². The van der Waals surface area contributed by atoms with E-state index in [4.69, 9.17) is 0 Å². The van der Waals surface area contributed by atoms with Crippen LogP contribution >= 0.6 is 0 Å². The Morgan fingerprint density at radius 2 is 1.88 bits per heavy atom. The summed E-state index contributed by atoms with van der Waals surface area (Å²) in [4.78, 5) is 0. The minimum Gasteiger partial charge on any atom is -0.207 e. The smallest absolute Gasteiger partial charge is 0.126 e. The van der Waals surface area contributed by atoms with Crippen LogP contribution in [0.2, 0.25) is 0 Å². The molecule has 0 saturated carbocycles. The van der Waals surface area contributed by atoms with E-state index in [0.29, 0.717) is 0 Å². The Hall–Kier alpha value is -0.850. The fraction of sp³-hybridized carbons (Fsp3) is 0.625. The van der Waals surface area contributed by atoms with Gasteiger partial charge in [0, 0.05) is 0 Å². The van der Waals surface area contributed by atoms with Crippen molar-refractivity contribution in [1.29, 1.82) is 0 Å². The maximum Gasteiger partial charge on any atom is 0.126 e. The van der Waals surface area contributed by atoms with Crippen LogP contribution in [0.4, 0.5) is 4.39 Å². The lowest BCUT2D eigenvalue weighted by atomic mass is 9.98. The highest BCUT2D eigenvalue weighted by molar-refractivity contribution is 5.32. The molecule has 0 aliphatic heterocycles. The summed E-state index contributed by atoms with van der Waals surface area (Å²) in [6.07, 6.45) is 5.48. The predicted octanol–water partition coefficient (Wildman–Crippen LogP) is 5.07. The monoisotopic (exact) mass is 236 g/mol. The second-order valence-corrected chi connectivity index (χ2v) is 5.37. The lowest BCUT2D eigenvalue weighted by Gasteiger charge is -2.09. The number of aryl methyl sites for hydroxylation is 2. The lowest BCUT2D eigenvalue weighted by Crippen LogP contribution is -1.97. The van der Waals surface area contributed by atoms with Gasteiger partial charge in [0.05, 0.1) is 0 Å². The highest BCUT2D eigenvalue weighted by atomic mass is 19.1. The third-order valence-corrected chi connectivity index (χ3v) is 3.33. The third kappa shape index (κ3) is 4.49. The van der Waals surface area contributed by atoms with Gasteiger partial charge >= 0.3 is 0 Å². The summed E-state index contributed by atoms with van der Waals surface area (Å²) in [6.45, 7) is 8.52. The summed E-state index contributed by atoms with van der Waals surface area (Å²) in [7, 11) is 0. The normalized spacial score (nSPS) is 11.2. The Labute approximate surface area is 105 Å². The number of halogens is 1. The van der Waals surface area contributed by atoms with Gasteiger partial charge in [0.25, 0.3) is 0 Å². The maximum atomic E-state index is 13.7. The zero-order chi connectivity index (χ0) is 12.8. The SMILES string of the molecule is CCc1c(C)cc(CCCCC(C)C)cc1F. The Bertz CT molecular complexity index is 330. The van der Waals surface area contributed by atoms with Crippen LogP contribution in [-0.4, -0.2) is 0 Å².